The van der Waals surface area contributed by atoms with Crippen LogP contribution in [0.3, 0.4) is 0 Å². The van der Waals surface area contributed by atoms with Crippen molar-refractivity contribution >= 4 is 17.7 Å². The maximum atomic E-state index is 11.8. The molecule has 0 spiro atoms. The molecule has 0 aliphatic rings. The van der Waals surface area contributed by atoms with Gasteiger partial charge in [-0.2, -0.15) is 0 Å². The molecule has 0 radical (unpaired) electrons. The van der Waals surface area contributed by atoms with Gasteiger partial charge in [-0.15, -0.1) is 16.9 Å². The lowest BCUT2D eigenvalue weighted by molar-refractivity contribution is 0.0589. The van der Waals surface area contributed by atoms with E-state index in [4.69, 9.17) is 9.47 Å². The third kappa shape index (κ3) is 4.48. The van der Waals surface area contributed by atoms with Crippen LogP contribution in [0.4, 0.5) is 0 Å². The molecule has 0 saturated carbocycles. The summed E-state index contributed by atoms with van der Waals surface area (Å²) in [6.45, 7) is 2.68. The number of methoxy groups -OCH3 is 2. The molecule has 0 atom stereocenters. The van der Waals surface area contributed by atoms with E-state index in [1.165, 1.54) is 7.11 Å². The molecule has 124 valence electrons. The molecule has 0 unspecified atom stereocenters. The Morgan fingerprint density at radius 1 is 1.26 bits per heavy atom. The van der Waals surface area contributed by atoms with Crippen molar-refractivity contribution in [1.82, 2.24) is 15.0 Å². The van der Waals surface area contributed by atoms with Gasteiger partial charge in [-0.1, -0.05) is 30.7 Å². The van der Waals surface area contributed by atoms with Crippen molar-refractivity contribution in [2.45, 2.75) is 31.3 Å². The standard InChI is InChI=1S/C16H21N3O3S/c1-4-5-10-23-15-14(16(20)22-3)17-18-19(15)11-12-6-8-13(21-2)9-7-12/h6-9H,4-5,10-11H2,1-3H3. The monoisotopic (exact) mass is 335 g/mol. The number of hydrogen-bond acceptors (Lipinski definition) is 6. The minimum absolute atomic E-state index is 0.280. The third-order valence-corrected chi connectivity index (χ3v) is 4.47. The molecule has 2 aromatic rings. The summed E-state index contributed by atoms with van der Waals surface area (Å²) in [6.07, 6.45) is 2.17. The SMILES string of the molecule is CCCCSc1c(C(=O)OC)nnn1Cc1ccc(OC)cc1. The Morgan fingerprint density at radius 2 is 2.00 bits per heavy atom. The minimum atomic E-state index is -0.454. The zero-order chi connectivity index (χ0) is 16.7. The number of aromatic nitrogens is 3. The number of benzene rings is 1. The van der Waals surface area contributed by atoms with Gasteiger partial charge < -0.3 is 9.47 Å². The van der Waals surface area contributed by atoms with E-state index in [1.54, 1.807) is 23.6 Å². The molecule has 0 fully saturated rings. The number of esters is 1. The second-order valence-corrected chi connectivity index (χ2v) is 6.03. The average molecular weight is 335 g/mol. The van der Waals surface area contributed by atoms with E-state index in [-0.39, 0.29) is 5.69 Å². The highest BCUT2D eigenvalue weighted by Gasteiger charge is 2.20. The van der Waals surface area contributed by atoms with Crippen molar-refractivity contribution in [3.63, 3.8) is 0 Å². The van der Waals surface area contributed by atoms with Crippen molar-refractivity contribution in [3.05, 3.63) is 35.5 Å². The van der Waals surface area contributed by atoms with Crippen molar-refractivity contribution in [3.8, 4) is 5.75 Å². The number of carbonyl (C=O) groups excluding carboxylic acids is 1. The van der Waals surface area contributed by atoms with Crippen LogP contribution in [0, 0.1) is 0 Å². The van der Waals surface area contributed by atoms with Gasteiger partial charge in [0.05, 0.1) is 20.8 Å². The molecule has 0 aliphatic carbocycles. The van der Waals surface area contributed by atoms with Crippen LogP contribution in [0.15, 0.2) is 29.3 Å². The molecule has 1 aromatic carbocycles. The molecular formula is C16H21N3O3S. The fraction of sp³-hybridized carbons (Fsp3) is 0.438. The molecule has 2 rings (SSSR count). The summed E-state index contributed by atoms with van der Waals surface area (Å²) >= 11 is 1.59. The molecular weight excluding hydrogens is 314 g/mol. The topological polar surface area (TPSA) is 66.2 Å². The van der Waals surface area contributed by atoms with Crippen LogP contribution in [0.5, 0.6) is 5.75 Å². The summed E-state index contributed by atoms with van der Waals surface area (Å²) < 4.78 is 11.7. The fourth-order valence-corrected chi connectivity index (χ4v) is 3.13. The number of thioether (sulfide) groups is 1. The van der Waals surface area contributed by atoms with Gasteiger partial charge in [0.25, 0.3) is 0 Å². The second kappa shape index (κ2) is 8.57. The van der Waals surface area contributed by atoms with Crippen molar-refractivity contribution in [2.75, 3.05) is 20.0 Å². The van der Waals surface area contributed by atoms with E-state index in [0.29, 0.717) is 6.54 Å². The van der Waals surface area contributed by atoms with Gasteiger partial charge in [0.2, 0.25) is 5.69 Å². The molecule has 6 nitrogen and oxygen atoms in total. The zero-order valence-electron chi connectivity index (χ0n) is 13.6. The van der Waals surface area contributed by atoms with Gasteiger partial charge in [0, 0.05) is 0 Å². The van der Waals surface area contributed by atoms with Crippen LogP contribution >= 0.6 is 11.8 Å². The van der Waals surface area contributed by atoms with E-state index in [2.05, 4.69) is 17.2 Å². The van der Waals surface area contributed by atoms with Crippen LogP contribution in [0.25, 0.3) is 0 Å². The number of rotatable bonds is 8. The molecule has 0 N–H and O–H groups in total. The first-order valence-corrected chi connectivity index (χ1v) is 8.45. The first-order chi connectivity index (χ1) is 11.2. The Labute approximate surface area is 140 Å². The van der Waals surface area contributed by atoms with Crippen LogP contribution in [-0.4, -0.2) is 40.9 Å². The summed E-state index contributed by atoms with van der Waals surface area (Å²) in [5, 5.41) is 8.85. The van der Waals surface area contributed by atoms with Crippen LogP contribution in [0.2, 0.25) is 0 Å². The number of nitrogens with zero attached hydrogens (tertiary/aromatic N) is 3. The maximum Gasteiger partial charge on any atom is 0.361 e. The van der Waals surface area contributed by atoms with Gasteiger partial charge in [0.1, 0.15) is 10.8 Å². The lowest BCUT2D eigenvalue weighted by Gasteiger charge is -2.08. The largest absolute Gasteiger partial charge is 0.497 e. The lowest BCUT2D eigenvalue weighted by Crippen LogP contribution is -2.07. The Balaban J connectivity index is 2.21. The van der Waals surface area contributed by atoms with Crippen molar-refractivity contribution in [2.24, 2.45) is 0 Å². The number of unbranched alkanes of at least 4 members (excludes halogenated alkanes) is 1. The Kier molecular flexibility index (Phi) is 6.46. The molecule has 0 amide bonds. The molecule has 7 heteroatoms. The Hall–Kier alpha value is -2.02. The summed E-state index contributed by atoms with van der Waals surface area (Å²) in [7, 11) is 2.99. The summed E-state index contributed by atoms with van der Waals surface area (Å²) in [5.74, 6) is 1.27. The number of carbonyl (C=O) groups is 1. The number of ether oxygens (including phenoxy) is 2. The normalized spacial score (nSPS) is 10.6. The first kappa shape index (κ1) is 17.3. The Morgan fingerprint density at radius 3 is 2.61 bits per heavy atom. The van der Waals surface area contributed by atoms with Gasteiger partial charge >= 0.3 is 5.97 Å². The van der Waals surface area contributed by atoms with Crippen LogP contribution in [0.1, 0.15) is 35.8 Å². The van der Waals surface area contributed by atoms with E-state index < -0.39 is 5.97 Å². The van der Waals surface area contributed by atoms with E-state index in [0.717, 1.165) is 34.9 Å². The average Bonchev–Trinajstić information content (AvgIpc) is 2.98. The molecule has 1 heterocycles. The quantitative estimate of drug-likeness (QED) is 0.420. The summed E-state index contributed by atoms with van der Waals surface area (Å²) in [6, 6.07) is 7.74. The number of hydrogen-bond donors (Lipinski definition) is 0. The van der Waals surface area contributed by atoms with E-state index >= 15 is 0 Å². The summed E-state index contributed by atoms with van der Waals surface area (Å²) in [5.41, 5.74) is 1.34. The van der Waals surface area contributed by atoms with E-state index in [1.807, 2.05) is 24.3 Å². The molecule has 0 bridgehead atoms. The molecule has 1 aromatic heterocycles. The molecule has 23 heavy (non-hydrogen) atoms. The van der Waals surface area contributed by atoms with Crippen molar-refractivity contribution < 1.29 is 14.3 Å². The first-order valence-electron chi connectivity index (χ1n) is 7.47. The summed E-state index contributed by atoms with van der Waals surface area (Å²) in [4.78, 5) is 11.8. The molecule has 0 saturated heterocycles. The Bertz CT molecular complexity index is 641. The maximum absolute atomic E-state index is 11.8. The van der Waals surface area contributed by atoms with Gasteiger partial charge in [-0.25, -0.2) is 9.48 Å². The van der Waals surface area contributed by atoms with Crippen molar-refractivity contribution in [1.29, 1.82) is 0 Å². The highest BCUT2D eigenvalue weighted by Crippen LogP contribution is 2.24. The highest BCUT2D eigenvalue weighted by atomic mass is 32.2. The van der Waals surface area contributed by atoms with Gasteiger partial charge in [-0.05, 0) is 29.9 Å². The minimum Gasteiger partial charge on any atom is -0.497 e. The zero-order valence-corrected chi connectivity index (χ0v) is 14.4. The molecule has 0 aliphatic heterocycles. The van der Waals surface area contributed by atoms with Gasteiger partial charge in [0.15, 0.2) is 0 Å². The van der Waals surface area contributed by atoms with E-state index in [9.17, 15) is 4.79 Å². The fourth-order valence-electron chi connectivity index (χ4n) is 1.99. The highest BCUT2D eigenvalue weighted by molar-refractivity contribution is 7.99. The van der Waals surface area contributed by atoms with Gasteiger partial charge in [-0.3, -0.25) is 0 Å². The predicted octanol–water partition coefficient (Wildman–Crippen LogP) is 3.01. The smallest absolute Gasteiger partial charge is 0.361 e. The lowest BCUT2D eigenvalue weighted by atomic mass is 10.2. The predicted molar refractivity (Wildman–Crippen MR) is 89.1 cm³/mol. The third-order valence-electron chi connectivity index (χ3n) is 3.30. The second-order valence-electron chi connectivity index (χ2n) is 4.94. The van der Waals surface area contributed by atoms with Crippen LogP contribution < -0.4 is 4.74 Å². The van der Waals surface area contributed by atoms with Crippen LogP contribution in [-0.2, 0) is 11.3 Å².